The Morgan fingerprint density at radius 2 is 2.00 bits per heavy atom. The fourth-order valence-electron chi connectivity index (χ4n) is 1.17. The summed E-state index contributed by atoms with van der Waals surface area (Å²) in [6, 6.07) is 8.33. The highest BCUT2D eigenvalue weighted by Gasteiger charge is 2.23. The summed E-state index contributed by atoms with van der Waals surface area (Å²) in [5.74, 6) is 0. The van der Waals surface area contributed by atoms with Crippen LogP contribution in [0.5, 0.6) is 0 Å². The van der Waals surface area contributed by atoms with E-state index in [-0.39, 0.29) is 0 Å². The van der Waals surface area contributed by atoms with E-state index >= 15 is 0 Å². The van der Waals surface area contributed by atoms with Crippen LogP contribution in [0.2, 0.25) is 0 Å². The van der Waals surface area contributed by atoms with Crippen molar-refractivity contribution in [3.63, 3.8) is 0 Å². The second-order valence-electron chi connectivity index (χ2n) is 3.28. The van der Waals surface area contributed by atoms with Crippen LogP contribution >= 0.6 is 0 Å². The van der Waals surface area contributed by atoms with E-state index in [1.165, 1.54) is 6.92 Å². The van der Waals surface area contributed by atoms with Crippen LogP contribution in [-0.2, 0) is 6.42 Å². The number of hydrogen-bond acceptors (Lipinski definition) is 3. The molecule has 0 fully saturated rings. The van der Waals surface area contributed by atoms with Crippen LogP contribution in [0.4, 0.5) is 0 Å². The third-order valence-electron chi connectivity index (χ3n) is 2.18. The Bertz CT molecular complexity index is 299. The SMILES string of the molecule is C[C@H]([C@H](O)Cc1ccccc1)[N+](=O)[O-]. The maximum atomic E-state index is 10.4. The van der Waals surface area contributed by atoms with E-state index in [0.29, 0.717) is 6.42 Å². The summed E-state index contributed by atoms with van der Waals surface area (Å²) >= 11 is 0. The average molecular weight is 195 g/mol. The zero-order chi connectivity index (χ0) is 10.6. The van der Waals surface area contributed by atoms with Gasteiger partial charge in [0.05, 0.1) is 0 Å². The van der Waals surface area contributed by atoms with Gasteiger partial charge in [0.15, 0.2) is 0 Å². The van der Waals surface area contributed by atoms with Crippen LogP contribution in [0, 0.1) is 10.1 Å². The fraction of sp³-hybridized carbons (Fsp3) is 0.400. The second-order valence-corrected chi connectivity index (χ2v) is 3.28. The van der Waals surface area contributed by atoms with Gasteiger partial charge in [-0.05, 0) is 5.56 Å². The predicted molar refractivity (Wildman–Crippen MR) is 52.6 cm³/mol. The molecular formula is C10H13NO3. The Hall–Kier alpha value is -1.42. The molecule has 0 aliphatic carbocycles. The van der Waals surface area contributed by atoms with Crippen molar-refractivity contribution in [1.82, 2.24) is 0 Å². The molecule has 1 N–H and O–H groups in total. The third kappa shape index (κ3) is 2.81. The molecule has 4 heteroatoms. The summed E-state index contributed by atoms with van der Waals surface area (Å²) in [4.78, 5) is 9.91. The quantitative estimate of drug-likeness (QED) is 0.581. The lowest BCUT2D eigenvalue weighted by molar-refractivity contribution is -0.529. The van der Waals surface area contributed by atoms with Gasteiger partial charge in [0.25, 0.3) is 0 Å². The van der Waals surface area contributed by atoms with Crippen molar-refractivity contribution in [3.05, 3.63) is 46.0 Å². The number of nitrogens with zero attached hydrogens (tertiary/aromatic N) is 1. The Kier molecular flexibility index (Phi) is 3.59. The normalized spacial score (nSPS) is 14.7. The van der Waals surface area contributed by atoms with Crippen LogP contribution < -0.4 is 0 Å². The highest BCUT2D eigenvalue weighted by Crippen LogP contribution is 2.07. The molecule has 1 aromatic rings. The molecule has 0 aliphatic heterocycles. The van der Waals surface area contributed by atoms with E-state index < -0.39 is 17.1 Å². The third-order valence-corrected chi connectivity index (χ3v) is 2.18. The van der Waals surface area contributed by atoms with E-state index in [1.54, 1.807) is 0 Å². The maximum Gasteiger partial charge on any atom is 0.236 e. The lowest BCUT2D eigenvalue weighted by Crippen LogP contribution is -2.32. The van der Waals surface area contributed by atoms with E-state index in [0.717, 1.165) is 5.56 Å². The minimum absolute atomic E-state index is 0.322. The van der Waals surface area contributed by atoms with Crippen molar-refractivity contribution >= 4 is 0 Å². The molecule has 1 rings (SSSR count). The van der Waals surface area contributed by atoms with Gasteiger partial charge < -0.3 is 5.11 Å². The van der Waals surface area contributed by atoms with Crippen molar-refractivity contribution in [2.45, 2.75) is 25.5 Å². The van der Waals surface area contributed by atoms with E-state index in [1.807, 2.05) is 30.3 Å². The summed E-state index contributed by atoms with van der Waals surface area (Å²) < 4.78 is 0. The van der Waals surface area contributed by atoms with Crippen molar-refractivity contribution < 1.29 is 10.0 Å². The molecule has 0 unspecified atom stereocenters. The molecular weight excluding hydrogens is 182 g/mol. The number of aliphatic hydroxyl groups is 1. The molecule has 0 heterocycles. The maximum absolute atomic E-state index is 10.4. The van der Waals surface area contributed by atoms with Crippen molar-refractivity contribution in [2.75, 3.05) is 0 Å². The molecule has 0 saturated heterocycles. The standard InChI is InChI=1S/C10H13NO3/c1-8(11(13)14)10(12)7-9-5-3-2-4-6-9/h2-6,8,10,12H,7H2,1H3/t8-,10-/m1/s1. The fourth-order valence-corrected chi connectivity index (χ4v) is 1.17. The largest absolute Gasteiger partial charge is 0.386 e. The van der Waals surface area contributed by atoms with Gasteiger partial charge in [-0.1, -0.05) is 30.3 Å². The van der Waals surface area contributed by atoms with Crippen molar-refractivity contribution in [3.8, 4) is 0 Å². The summed E-state index contributed by atoms with van der Waals surface area (Å²) in [7, 11) is 0. The summed E-state index contributed by atoms with van der Waals surface area (Å²) in [5.41, 5.74) is 0.911. The highest BCUT2D eigenvalue weighted by molar-refractivity contribution is 5.15. The Morgan fingerprint density at radius 1 is 1.43 bits per heavy atom. The molecule has 0 bridgehead atoms. The second kappa shape index (κ2) is 4.72. The van der Waals surface area contributed by atoms with E-state index in [4.69, 9.17) is 0 Å². The number of benzene rings is 1. The first-order chi connectivity index (χ1) is 6.61. The summed E-state index contributed by atoms with van der Waals surface area (Å²) in [6.45, 7) is 1.41. The molecule has 14 heavy (non-hydrogen) atoms. The molecule has 0 saturated carbocycles. The summed E-state index contributed by atoms with van der Waals surface area (Å²) in [6.07, 6.45) is -0.601. The zero-order valence-electron chi connectivity index (χ0n) is 7.96. The van der Waals surface area contributed by atoms with Crippen molar-refractivity contribution in [1.29, 1.82) is 0 Å². The zero-order valence-corrected chi connectivity index (χ0v) is 7.96. The molecule has 2 atom stereocenters. The number of hydrogen-bond donors (Lipinski definition) is 1. The molecule has 0 radical (unpaired) electrons. The van der Waals surface area contributed by atoms with Gasteiger partial charge in [0.1, 0.15) is 6.10 Å². The number of nitro groups is 1. The molecule has 0 aliphatic rings. The first-order valence-electron chi connectivity index (χ1n) is 4.46. The molecule has 0 aromatic heterocycles. The first-order valence-corrected chi connectivity index (χ1v) is 4.46. The Morgan fingerprint density at radius 3 is 2.50 bits per heavy atom. The van der Waals surface area contributed by atoms with Gasteiger partial charge in [0.2, 0.25) is 6.04 Å². The minimum atomic E-state index is -0.924. The minimum Gasteiger partial charge on any atom is -0.386 e. The first kappa shape index (κ1) is 10.7. The Balaban J connectivity index is 2.57. The topological polar surface area (TPSA) is 63.4 Å². The van der Waals surface area contributed by atoms with Gasteiger partial charge in [-0.15, -0.1) is 0 Å². The molecule has 4 nitrogen and oxygen atoms in total. The van der Waals surface area contributed by atoms with Gasteiger partial charge in [-0.25, -0.2) is 0 Å². The van der Waals surface area contributed by atoms with Gasteiger partial charge >= 0.3 is 0 Å². The average Bonchev–Trinajstić information content (AvgIpc) is 2.18. The van der Waals surface area contributed by atoms with Crippen LogP contribution in [0.1, 0.15) is 12.5 Å². The smallest absolute Gasteiger partial charge is 0.236 e. The molecule has 0 amide bonds. The van der Waals surface area contributed by atoms with Gasteiger partial charge in [0, 0.05) is 18.3 Å². The lowest BCUT2D eigenvalue weighted by Gasteiger charge is -2.11. The number of rotatable bonds is 4. The van der Waals surface area contributed by atoms with Gasteiger partial charge in [-0.3, -0.25) is 10.1 Å². The van der Waals surface area contributed by atoms with E-state index in [9.17, 15) is 15.2 Å². The highest BCUT2D eigenvalue weighted by atomic mass is 16.6. The molecule has 0 spiro atoms. The monoisotopic (exact) mass is 195 g/mol. The number of aliphatic hydroxyl groups excluding tert-OH is 1. The van der Waals surface area contributed by atoms with E-state index in [2.05, 4.69) is 0 Å². The van der Waals surface area contributed by atoms with Crippen LogP contribution in [0.3, 0.4) is 0 Å². The predicted octanol–water partition coefficient (Wildman–Crippen LogP) is 1.26. The van der Waals surface area contributed by atoms with Crippen LogP contribution in [0.15, 0.2) is 30.3 Å². The summed E-state index contributed by atoms with van der Waals surface area (Å²) in [5, 5.41) is 19.9. The van der Waals surface area contributed by atoms with Crippen LogP contribution in [-0.4, -0.2) is 22.2 Å². The van der Waals surface area contributed by atoms with Crippen molar-refractivity contribution in [2.24, 2.45) is 0 Å². The Labute approximate surface area is 82.3 Å². The van der Waals surface area contributed by atoms with Gasteiger partial charge in [-0.2, -0.15) is 0 Å². The van der Waals surface area contributed by atoms with Crippen LogP contribution in [0.25, 0.3) is 0 Å². The molecule has 1 aromatic carbocycles. The molecule has 76 valence electrons. The lowest BCUT2D eigenvalue weighted by atomic mass is 10.0.